The van der Waals surface area contributed by atoms with Crippen molar-refractivity contribution < 1.29 is 4.79 Å². The molecule has 1 rings (SSSR count). The quantitative estimate of drug-likeness (QED) is 0.559. The van der Waals surface area contributed by atoms with E-state index in [0.29, 0.717) is 0 Å². The van der Waals surface area contributed by atoms with Gasteiger partial charge in [0, 0.05) is 18.8 Å². The molecule has 0 amide bonds. The fourth-order valence-corrected chi connectivity index (χ4v) is 1.46. The highest BCUT2D eigenvalue weighted by atomic mass is 16.1. The first-order chi connectivity index (χ1) is 7.08. The molecule has 15 heavy (non-hydrogen) atoms. The molecule has 0 N–H and O–H groups in total. The third-order valence-electron chi connectivity index (χ3n) is 2.40. The smallest absolute Gasteiger partial charge is 0.146 e. The summed E-state index contributed by atoms with van der Waals surface area (Å²) in [5.41, 5.74) is 2.91. The summed E-state index contributed by atoms with van der Waals surface area (Å²) in [6.07, 6.45) is 5.70. The number of aryl methyl sites for hydroxylation is 2. The number of rotatable bonds is 4. The predicted molar refractivity (Wildman–Crippen MR) is 61.5 cm³/mol. The van der Waals surface area contributed by atoms with E-state index in [1.807, 2.05) is 33.2 Å². The fourth-order valence-electron chi connectivity index (χ4n) is 1.46. The lowest BCUT2D eigenvalue weighted by Crippen LogP contribution is -1.95. The van der Waals surface area contributed by atoms with E-state index in [0.717, 1.165) is 29.5 Å². The minimum absolute atomic E-state index is 0.257. The van der Waals surface area contributed by atoms with Crippen LogP contribution in [0.25, 0.3) is 6.08 Å². The molecule has 1 aromatic heterocycles. The zero-order chi connectivity index (χ0) is 11.4. The second kappa shape index (κ2) is 4.91. The highest BCUT2D eigenvalue weighted by Crippen LogP contribution is 2.15. The second-order valence-electron chi connectivity index (χ2n) is 3.98. The van der Waals surface area contributed by atoms with Crippen LogP contribution in [0.3, 0.4) is 0 Å². The number of carbonyl (C=O) groups excluding carboxylic acids is 1. The zero-order valence-corrected chi connectivity index (χ0v) is 9.82. The third-order valence-corrected chi connectivity index (χ3v) is 2.40. The molecule has 0 saturated heterocycles. The van der Waals surface area contributed by atoms with Gasteiger partial charge in [-0.1, -0.05) is 20.8 Å². The van der Waals surface area contributed by atoms with Crippen molar-refractivity contribution in [2.75, 3.05) is 0 Å². The van der Waals surface area contributed by atoms with E-state index in [4.69, 9.17) is 0 Å². The Balaban J connectivity index is 3.09. The number of aldehydes is 1. The lowest BCUT2D eigenvalue weighted by molar-refractivity contribution is -0.105. The lowest BCUT2D eigenvalue weighted by Gasteiger charge is -2.02. The molecule has 3 heteroatoms. The molecule has 0 aliphatic carbocycles. The number of carbonyl (C=O) groups is 1. The van der Waals surface area contributed by atoms with Gasteiger partial charge in [0.1, 0.15) is 6.29 Å². The van der Waals surface area contributed by atoms with Crippen LogP contribution in [0.2, 0.25) is 0 Å². The Morgan fingerprint density at radius 1 is 1.60 bits per heavy atom. The SMILES string of the molecule is CCc1nn(C)cc1/C=C(/C=O)C(C)C. The van der Waals surface area contributed by atoms with E-state index < -0.39 is 0 Å². The highest BCUT2D eigenvalue weighted by molar-refractivity contribution is 5.82. The first kappa shape index (κ1) is 11.7. The maximum Gasteiger partial charge on any atom is 0.146 e. The number of nitrogens with zero attached hydrogens (tertiary/aromatic N) is 2. The molecule has 0 bridgehead atoms. The molecule has 1 heterocycles. The van der Waals surface area contributed by atoms with Crippen molar-refractivity contribution in [2.24, 2.45) is 13.0 Å². The molecule has 1 aromatic rings. The third kappa shape index (κ3) is 2.78. The van der Waals surface area contributed by atoms with Crippen LogP contribution in [-0.4, -0.2) is 16.1 Å². The van der Waals surface area contributed by atoms with Gasteiger partial charge in [0.15, 0.2) is 0 Å². The molecule has 0 saturated carbocycles. The van der Waals surface area contributed by atoms with E-state index in [-0.39, 0.29) is 5.92 Å². The van der Waals surface area contributed by atoms with E-state index >= 15 is 0 Å². The van der Waals surface area contributed by atoms with E-state index in [1.165, 1.54) is 0 Å². The van der Waals surface area contributed by atoms with Crippen LogP contribution >= 0.6 is 0 Å². The molecule has 0 atom stereocenters. The summed E-state index contributed by atoms with van der Waals surface area (Å²) in [6.45, 7) is 6.10. The topological polar surface area (TPSA) is 34.9 Å². The Labute approximate surface area is 90.8 Å². The summed E-state index contributed by atoms with van der Waals surface area (Å²) in [5.74, 6) is 0.257. The molecular weight excluding hydrogens is 188 g/mol. The number of hydrogen-bond acceptors (Lipinski definition) is 2. The molecule has 0 unspecified atom stereocenters. The zero-order valence-electron chi connectivity index (χ0n) is 9.82. The largest absolute Gasteiger partial charge is 0.298 e. The average molecular weight is 206 g/mol. The number of aromatic nitrogens is 2. The Morgan fingerprint density at radius 2 is 2.27 bits per heavy atom. The van der Waals surface area contributed by atoms with Gasteiger partial charge in [-0.3, -0.25) is 9.48 Å². The molecule has 3 nitrogen and oxygen atoms in total. The lowest BCUT2D eigenvalue weighted by atomic mass is 10.0. The number of allylic oxidation sites excluding steroid dienone is 1. The summed E-state index contributed by atoms with van der Waals surface area (Å²) < 4.78 is 1.79. The molecule has 82 valence electrons. The van der Waals surface area contributed by atoms with Gasteiger partial charge in [-0.05, 0) is 24.0 Å². The van der Waals surface area contributed by atoms with Crippen LogP contribution in [0, 0.1) is 5.92 Å². The van der Waals surface area contributed by atoms with E-state index in [9.17, 15) is 4.79 Å². The highest BCUT2D eigenvalue weighted by Gasteiger charge is 2.06. The van der Waals surface area contributed by atoms with Gasteiger partial charge in [-0.15, -0.1) is 0 Å². The van der Waals surface area contributed by atoms with Crippen molar-refractivity contribution >= 4 is 12.4 Å². The van der Waals surface area contributed by atoms with Crippen molar-refractivity contribution in [1.82, 2.24) is 9.78 Å². The monoisotopic (exact) mass is 206 g/mol. The van der Waals surface area contributed by atoms with Crippen LogP contribution < -0.4 is 0 Å². The van der Waals surface area contributed by atoms with Crippen molar-refractivity contribution in [3.63, 3.8) is 0 Å². The summed E-state index contributed by atoms with van der Waals surface area (Å²) in [6, 6.07) is 0. The normalized spacial score (nSPS) is 12.2. The van der Waals surface area contributed by atoms with Crippen LogP contribution in [0.4, 0.5) is 0 Å². The van der Waals surface area contributed by atoms with Crippen molar-refractivity contribution in [1.29, 1.82) is 0 Å². The Morgan fingerprint density at radius 3 is 2.73 bits per heavy atom. The van der Waals surface area contributed by atoms with Gasteiger partial charge in [-0.25, -0.2) is 0 Å². The van der Waals surface area contributed by atoms with Crippen LogP contribution in [0.1, 0.15) is 32.0 Å². The minimum Gasteiger partial charge on any atom is -0.298 e. The Hall–Kier alpha value is -1.38. The number of hydrogen-bond donors (Lipinski definition) is 0. The summed E-state index contributed by atoms with van der Waals surface area (Å²) in [4.78, 5) is 10.9. The average Bonchev–Trinajstić information content (AvgIpc) is 2.54. The molecule has 0 radical (unpaired) electrons. The standard InChI is InChI=1S/C12H18N2O/c1-5-12-10(7-14(4)13-12)6-11(8-15)9(2)3/h6-9H,5H2,1-4H3/b11-6-. The summed E-state index contributed by atoms with van der Waals surface area (Å²) in [5, 5.41) is 4.33. The van der Waals surface area contributed by atoms with Crippen LogP contribution in [0.5, 0.6) is 0 Å². The maximum absolute atomic E-state index is 10.9. The molecule has 0 aliphatic rings. The van der Waals surface area contributed by atoms with Gasteiger partial charge in [0.2, 0.25) is 0 Å². The predicted octanol–water partition coefficient (Wildman–Crippen LogP) is 2.22. The van der Waals surface area contributed by atoms with Gasteiger partial charge < -0.3 is 0 Å². The van der Waals surface area contributed by atoms with Gasteiger partial charge in [0.05, 0.1) is 5.69 Å². The van der Waals surface area contributed by atoms with Crippen molar-refractivity contribution in [3.05, 3.63) is 23.0 Å². The first-order valence-electron chi connectivity index (χ1n) is 5.27. The molecule has 0 aliphatic heterocycles. The summed E-state index contributed by atoms with van der Waals surface area (Å²) in [7, 11) is 1.90. The van der Waals surface area contributed by atoms with Crippen molar-refractivity contribution in [2.45, 2.75) is 27.2 Å². The summed E-state index contributed by atoms with van der Waals surface area (Å²) >= 11 is 0. The van der Waals surface area contributed by atoms with E-state index in [2.05, 4.69) is 12.0 Å². The molecule has 0 spiro atoms. The minimum atomic E-state index is 0.257. The second-order valence-corrected chi connectivity index (χ2v) is 3.98. The van der Waals surface area contributed by atoms with E-state index in [1.54, 1.807) is 4.68 Å². The Kier molecular flexibility index (Phi) is 3.83. The molecule has 0 aromatic carbocycles. The van der Waals surface area contributed by atoms with Gasteiger partial charge in [0.25, 0.3) is 0 Å². The fraction of sp³-hybridized carbons (Fsp3) is 0.500. The molecule has 0 fully saturated rings. The van der Waals surface area contributed by atoms with Crippen LogP contribution in [-0.2, 0) is 18.3 Å². The first-order valence-corrected chi connectivity index (χ1v) is 5.27. The molecular formula is C12H18N2O. The van der Waals surface area contributed by atoms with Gasteiger partial charge >= 0.3 is 0 Å². The van der Waals surface area contributed by atoms with Gasteiger partial charge in [-0.2, -0.15) is 5.10 Å². The van der Waals surface area contributed by atoms with Crippen LogP contribution in [0.15, 0.2) is 11.8 Å². The maximum atomic E-state index is 10.9. The Bertz CT molecular complexity index is 375. The van der Waals surface area contributed by atoms with Crippen molar-refractivity contribution in [3.8, 4) is 0 Å².